The van der Waals surface area contributed by atoms with E-state index in [1.54, 1.807) is 25.1 Å². The lowest BCUT2D eigenvalue weighted by Gasteiger charge is -2.06. The molecule has 6 heteroatoms. The number of nitrogen functional groups attached to an aromatic ring is 1. The third-order valence-electron chi connectivity index (χ3n) is 2.39. The van der Waals surface area contributed by atoms with Gasteiger partial charge < -0.3 is 10.5 Å². The molecule has 0 amide bonds. The van der Waals surface area contributed by atoms with E-state index in [0.29, 0.717) is 0 Å². The van der Waals surface area contributed by atoms with E-state index in [0.717, 1.165) is 0 Å². The van der Waals surface area contributed by atoms with E-state index in [1.807, 2.05) is 0 Å². The molecule has 0 spiro atoms. The molecule has 0 aliphatic carbocycles. The third kappa shape index (κ3) is 2.04. The van der Waals surface area contributed by atoms with Gasteiger partial charge in [-0.2, -0.15) is 0 Å². The zero-order chi connectivity index (χ0) is 13.1. The third-order valence-corrected chi connectivity index (χ3v) is 2.39. The Morgan fingerprint density at radius 2 is 2.22 bits per heavy atom. The minimum absolute atomic E-state index is 0.0138. The van der Waals surface area contributed by atoms with Crippen molar-refractivity contribution < 1.29 is 13.9 Å². The number of carbonyl (C=O) groups excluding carboxylic acids is 1. The van der Waals surface area contributed by atoms with Crippen LogP contribution in [0.15, 0.2) is 30.6 Å². The first-order chi connectivity index (χ1) is 8.65. The minimum atomic E-state index is -0.620. The van der Waals surface area contributed by atoms with E-state index >= 15 is 0 Å². The maximum atomic E-state index is 13.6. The van der Waals surface area contributed by atoms with Crippen LogP contribution >= 0.6 is 0 Å². The Kier molecular flexibility index (Phi) is 3.27. The molecule has 2 N–H and O–H groups in total. The minimum Gasteiger partial charge on any atom is -0.461 e. The van der Waals surface area contributed by atoms with Crippen molar-refractivity contribution in [2.24, 2.45) is 0 Å². The van der Waals surface area contributed by atoms with Crippen molar-refractivity contribution >= 4 is 11.8 Å². The second kappa shape index (κ2) is 4.87. The van der Waals surface area contributed by atoms with Gasteiger partial charge in [0.25, 0.3) is 0 Å². The second-order valence-electron chi connectivity index (χ2n) is 3.52. The van der Waals surface area contributed by atoms with Gasteiger partial charge >= 0.3 is 5.97 Å². The van der Waals surface area contributed by atoms with Crippen LogP contribution in [0.4, 0.5) is 10.2 Å². The molecular formula is C12H12FN3O2. The molecule has 0 fully saturated rings. The van der Waals surface area contributed by atoms with Crippen molar-refractivity contribution in [1.29, 1.82) is 0 Å². The van der Waals surface area contributed by atoms with Crippen LogP contribution in [-0.2, 0) is 4.74 Å². The highest BCUT2D eigenvalue weighted by atomic mass is 19.1. The number of carbonyl (C=O) groups is 1. The van der Waals surface area contributed by atoms with Crippen LogP contribution in [-0.4, -0.2) is 22.1 Å². The summed E-state index contributed by atoms with van der Waals surface area (Å²) < 4.78 is 19.7. The number of imidazole rings is 1. The molecule has 18 heavy (non-hydrogen) atoms. The standard InChI is InChI=1S/C12H12FN3O2/c1-2-18-12(17)10-11(14)16(7-15-10)9-6-4-3-5-8(9)13/h3-7H,2,14H2,1H3. The van der Waals surface area contributed by atoms with Crippen LogP contribution in [0.1, 0.15) is 17.4 Å². The van der Waals surface area contributed by atoms with E-state index in [9.17, 15) is 9.18 Å². The predicted octanol–water partition coefficient (Wildman–Crippen LogP) is 1.77. The second-order valence-corrected chi connectivity index (χ2v) is 3.52. The number of hydrogen-bond acceptors (Lipinski definition) is 4. The van der Waals surface area contributed by atoms with Crippen LogP contribution in [0.2, 0.25) is 0 Å². The summed E-state index contributed by atoms with van der Waals surface area (Å²) in [5, 5.41) is 0. The lowest BCUT2D eigenvalue weighted by Crippen LogP contribution is -2.09. The topological polar surface area (TPSA) is 70.1 Å². The van der Waals surface area contributed by atoms with E-state index in [4.69, 9.17) is 10.5 Å². The Morgan fingerprint density at radius 3 is 2.89 bits per heavy atom. The molecule has 5 nitrogen and oxygen atoms in total. The Morgan fingerprint density at radius 1 is 1.50 bits per heavy atom. The number of ether oxygens (including phenoxy) is 1. The van der Waals surface area contributed by atoms with Crippen molar-refractivity contribution in [2.75, 3.05) is 12.3 Å². The first-order valence-corrected chi connectivity index (χ1v) is 5.40. The Labute approximate surface area is 103 Å². The van der Waals surface area contributed by atoms with E-state index in [1.165, 1.54) is 17.0 Å². The molecule has 94 valence electrons. The van der Waals surface area contributed by atoms with Crippen molar-refractivity contribution in [2.45, 2.75) is 6.92 Å². The summed E-state index contributed by atoms with van der Waals surface area (Å²) in [5.74, 6) is -1.01. The Balaban J connectivity index is 2.43. The normalized spacial score (nSPS) is 10.3. The highest BCUT2D eigenvalue weighted by Crippen LogP contribution is 2.19. The Hall–Kier alpha value is -2.37. The summed E-state index contributed by atoms with van der Waals surface area (Å²) in [7, 11) is 0. The highest BCUT2D eigenvalue weighted by molar-refractivity contribution is 5.92. The van der Waals surface area contributed by atoms with Crippen LogP contribution in [0.3, 0.4) is 0 Å². The lowest BCUT2D eigenvalue weighted by molar-refractivity contribution is 0.0521. The fourth-order valence-electron chi connectivity index (χ4n) is 1.55. The first kappa shape index (κ1) is 12.1. The van der Waals surface area contributed by atoms with Gasteiger partial charge in [-0.3, -0.25) is 4.57 Å². The number of para-hydroxylation sites is 1. The summed E-state index contributed by atoms with van der Waals surface area (Å²) in [6.45, 7) is 1.91. The number of nitrogens with two attached hydrogens (primary N) is 1. The number of esters is 1. The van der Waals surface area contributed by atoms with Crippen LogP contribution in [0.5, 0.6) is 0 Å². The first-order valence-electron chi connectivity index (χ1n) is 5.40. The summed E-state index contributed by atoms with van der Waals surface area (Å²) in [6, 6.07) is 6.08. The maximum absolute atomic E-state index is 13.6. The molecule has 0 bridgehead atoms. The molecule has 2 rings (SSSR count). The van der Waals surface area contributed by atoms with E-state index in [-0.39, 0.29) is 23.8 Å². The lowest BCUT2D eigenvalue weighted by atomic mass is 10.3. The quantitative estimate of drug-likeness (QED) is 0.841. The molecule has 0 saturated heterocycles. The average molecular weight is 249 g/mol. The highest BCUT2D eigenvalue weighted by Gasteiger charge is 2.18. The Bertz CT molecular complexity index is 580. The zero-order valence-corrected chi connectivity index (χ0v) is 9.76. The number of halogens is 1. The van der Waals surface area contributed by atoms with Crippen LogP contribution < -0.4 is 5.73 Å². The molecular weight excluding hydrogens is 237 g/mol. The summed E-state index contributed by atoms with van der Waals surface area (Å²) >= 11 is 0. The summed E-state index contributed by atoms with van der Waals surface area (Å²) in [5.41, 5.74) is 5.99. The predicted molar refractivity (Wildman–Crippen MR) is 63.9 cm³/mol. The van der Waals surface area contributed by atoms with Gasteiger partial charge in [-0.05, 0) is 19.1 Å². The maximum Gasteiger partial charge on any atom is 0.360 e. The number of benzene rings is 1. The molecule has 0 saturated carbocycles. The van der Waals surface area contributed by atoms with Crippen molar-refractivity contribution in [3.8, 4) is 5.69 Å². The molecule has 0 unspecified atom stereocenters. The SMILES string of the molecule is CCOC(=O)c1ncn(-c2ccccc2F)c1N. The van der Waals surface area contributed by atoms with Crippen LogP contribution in [0, 0.1) is 5.82 Å². The van der Waals surface area contributed by atoms with E-state index < -0.39 is 11.8 Å². The van der Waals surface area contributed by atoms with Crippen molar-refractivity contribution in [1.82, 2.24) is 9.55 Å². The largest absolute Gasteiger partial charge is 0.461 e. The number of hydrogen-bond donors (Lipinski definition) is 1. The van der Waals surface area contributed by atoms with Gasteiger partial charge in [0.1, 0.15) is 18.0 Å². The van der Waals surface area contributed by atoms with Gasteiger partial charge in [-0.15, -0.1) is 0 Å². The number of nitrogens with zero attached hydrogens (tertiary/aromatic N) is 2. The van der Waals surface area contributed by atoms with Gasteiger partial charge in [0.05, 0.1) is 12.3 Å². The van der Waals surface area contributed by atoms with Gasteiger partial charge in [-0.25, -0.2) is 14.2 Å². The zero-order valence-electron chi connectivity index (χ0n) is 9.76. The molecule has 1 aromatic carbocycles. The summed E-state index contributed by atoms with van der Waals surface area (Å²) in [6.07, 6.45) is 1.29. The van der Waals surface area contributed by atoms with E-state index in [2.05, 4.69) is 4.98 Å². The van der Waals surface area contributed by atoms with Crippen molar-refractivity contribution in [3.05, 3.63) is 42.1 Å². The molecule has 1 aromatic heterocycles. The van der Waals surface area contributed by atoms with Gasteiger partial charge in [0.15, 0.2) is 5.69 Å². The number of anilines is 1. The number of aromatic nitrogens is 2. The number of rotatable bonds is 3. The fourth-order valence-corrected chi connectivity index (χ4v) is 1.55. The molecule has 1 heterocycles. The summed E-state index contributed by atoms with van der Waals surface area (Å²) in [4.78, 5) is 15.4. The van der Waals surface area contributed by atoms with Crippen molar-refractivity contribution in [3.63, 3.8) is 0 Å². The monoisotopic (exact) mass is 249 g/mol. The van der Waals surface area contributed by atoms with Gasteiger partial charge in [-0.1, -0.05) is 12.1 Å². The molecule has 0 radical (unpaired) electrons. The average Bonchev–Trinajstić information content (AvgIpc) is 2.72. The van der Waals surface area contributed by atoms with Gasteiger partial charge in [0, 0.05) is 0 Å². The smallest absolute Gasteiger partial charge is 0.360 e. The molecule has 0 aliphatic rings. The molecule has 0 aliphatic heterocycles. The van der Waals surface area contributed by atoms with Crippen LogP contribution in [0.25, 0.3) is 5.69 Å². The van der Waals surface area contributed by atoms with Gasteiger partial charge in [0.2, 0.25) is 0 Å². The molecule has 2 aromatic rings. The fraction of sp³-hybridized carbons (Fsp3) is 0.167. The molecule has 0 atom stereocenters.